The molecule has 2 rings (SSSR count). The molecular weight excluding hydrogens is 251 g/mol. The van der Waals surface area contributed by atoms with Crippen molar-refractivity contribution in [1.82, 2.24) is 4.98 Å². The maximum Gasteiger partial charge on any atom is 0.265 e. The van der Waals surface area contributed by atoms with Crippen LogP contribution in [0.2, 0.25) is 5.15 Å². The molecule has 0 atom stereocenters. The summed E-state index contributed by atoms with van der Waals surface area (Å²) in [5, 5.41) is 2.54. The molecule has 0 aliphatic rings. The first-order chi connectivity index (χ1) is 7.65. The Morgan fingerprint density at radius 1 is 1.38 bits per heavy atom. The highest BCUT2D eigenvalue weighted by Gasteiger charge is 2.09. The lowest BCUT2D eigenvalue weighted by atomic mass is 10.4. The van der Waals surface area contributed by atoms with Gasteiger partial charge in [0.05, 0.1) is 16.8 Å². The molecule has 82 valence electrons. The molecular formula is C10H6ClFN2OS. The van der Waals surface area contributed by atoms with Gasteiger partial charge in [-0.15, -0.1) is 11.3 Å². The van der Waals surface area contributed by atoms with Gasteiger partial charge in [0.1, 0.15) is 5.15 Å². The van der Waals surface area contributed by atoms with Gasteiger partial charge in [-0.25, -0.2) is 4.98 Å². The molecule has 0 unspecified atom stereocenters. The summed E-state index contributed by atoms with van der Waals surface area (Å²) < 4.78 is 12.7. The molecule has 0 spiro atoms. The summed E-state index contributed by atoms with van der Waals surface area (Å²) in [4.78, 5) is 15.7. The number of halogens is 2. The predicted molar refractivity (Wildman–Crippen MR) is 61.5 cm³/mol. The maximum atomic E-state index is 12.7. The summed E-state index contributed by atoms with van der Waals surface area (Å²) in [6, 6.07) is 5.86. The second-order valence-electron chi connectivity index (χ2n) is 2.93. The molecule has 0 aliphatic heterocycles. The Bertz CT molecular complexity index is 512. The van der Waals surface area contributed by atoms with Crippen molar-refractivity contribution in [1.29, 1.82) is 0 Å². The van der Waals surface area contributed by atoms with Crippen LogP contribution in [0.1, 0.15) is 9.67 Å². The second kappa shape index (κ2) is 4.59. The van der Waals surface area contributed by atoms with Crippen LogP contribution < -0.4 is 5.32 Å². The average molecular weight is 257 g/mol. The van der Waals surface area contributed by atoms with E-state index in [9.17, 15) is 9.18 Å². The maximum absolute atomic E-state index is 12.7. The molecule has 0 aromatic carbocycles. The molecule has 0 fully saturated rings. The van der Waals surface area contributed by atoms with Crippen LogP contribution >= 0.6 is 22.9 Å². The van der Waals surface area contributed by atoms with Crippen LogP contribution in [0, 0.1) is 5.13 Å². The minimum Gasteiger partial charge on any atom is -0.320 e. The fraction of sp³-hybridized carbons (Fsp3) is 0. The molecule has 6 heteroatoms. The van der Waals surface area contributed by atoms with Crippen molar-refractivity contribution >= 4 is 34.5 Å². The first-order valence-electron chi connectivity index (χ1n) is 4.33. The molecule has 0 bridgehead atoms. The molecule has 1 N–H and O–H groups in total. The van der Waals surface area contributed by atoms with Gasteiger partial charge in [0, 0.05) is 0 Å². The van der Waals surface area contributed by atoms with Crippen LogP contribution in [0.4, 0.5) is 10.1 Å². The summed E-state index contributed by atoms with van der Waals surface area (Å²) in [6.07, 6.45) is 1.43. The van der Waals surface area contributed by atoms with Crippen molar-refractivity contribution < 1.29 is 9.18 Å². The van der Waals surface area contributed by atoms with Gasteiger partial charge in [-0.3, -0.25) is 4.79 Å². The van der Waals surface area contributed by atoms with E-state index in [1.807, 2.05) is 0 Å². The van der Waals surface area contributed by atoms with Crippen molar-refractivity contribution in [2.24, 2.45) is 0 Å². The third-order valence-corrected chi connectivity index (χ3v) is 2.88. The molecule has 2 aromatic heterocycles. The van der Waals surface area contributed by atoms with E-state index < -0.39 is 0 Å². The number of carbonyl (C=O) groups excluding carboxylic acids is 1. The minimum atomic E-state index is -0.389. The van der Waals surface area contributed by atoms with Crippen molar-refractivity contribution in [2.45, 2.75) is 0 Å². The normalized spacial score (nSPS) is 10.1. The van der Waals surface area contributed by atoms with Crippen LogP contribution in [0.15, 0.2) is 30.5 Å². The van der Waals surface area contributed by atoms with Gasteiger partial charge in [0.15, 0.2) is 5.13 Å². The number of rotatable bonds is 2. The zero-order valence-corrected chi connectivity index (χ0v) is 9.48. The first-order valence-corrected chi connectivity index (χ1v) is 5.53. The Labute approximate surface area is 99.9 Å². The van der Waals surface area contributed by atoms with Crippen molar-refractivity contribution in [2.75, 3.05) is 5.32 Å². The Balaban J connectivity index is 2.10. The van der Waals surface area contributed by atoms with E-state index in [1.54, 1.807) is 12.1 Å². The molecule has 2 heterocycles. The lowest BCUT2D eigenvalue weighted by Gasteiger charge is -2.02. The molecule has 0 radical (unpaired) electrons. The van der Waals surface area contributed by atoms with E-state index in [4.69, 9.17) is 11.6 Å². The summed E-state index contributed by atoms with van der Waals surface area (Å²) in [5.74, 6) is -0.363. The number of hydrogen-bond donors (Lipinski definition) is 1. The number of anilines is 1. The fourth-order valence-corrected chi connectivity index (χ4v) is 1.82. The number of aromatic nitrogens is 1. The zero-order chi connectivity index (χ0) is 11.5. The smallest absolute Gasteiger partial charge is 0.265 e. The lowest BCUT2D eigenvalue weighted by Crippen LogP contribution is -2.10. The van der Waals surface area contributed by atoms with Crippen LogP contribution in [0.5, 0.6) is 0 Å². The number of pyridine rings is 1. The largest absolute Gasteiger partial charge is 0.320 e. The minimum absolute atomic E-state index is 0.312. The third kappa shape index (κ3) is 2.56. The standard InChI is InChI=1S/C10H6ClFN2OS/c11-8-3-1-6(5-13-8)14-10(15)7-2-4-9(12)16-7/h1-5H,(H,14,15). The molecule has 0 saturated heterocycles. The number of hydrogen-bond acceptors (Lipinski definition) is 3. The summed E-state index contributed by atoms with van der Waals surface area (Å²) in [5.41, 5.74) is 0.517. The van der Waals surface area contributed by atoms with Crippen molar-refractivity contribution in [3.8, 4) is 0 Å². The zero-order valence-electron chi connectivity index (χ0n) is 7.91. The van der Waals surface area contributed by atoms with Gasteiger partial charge in [0.2, 0.25) is 0 Å². The van der Waals surface area contributed by atoms with Gasteiger partial charge in [0.25, 0.3) is 5.91 Å². The monoisotopic (exact) mass is 256 g/mol. The third-order valence-electron chi connectivity index (χ3n) is 1.78. The van der Waals surface area contributed by atoms with Gasteiger partial charge in [-0.2, -0.15) is 4.39 Å². The number of nitrogens with zero attached hydrogens (tertiary/aromatic N) is 1. The topological polar surface area (TPSA) is 42.0 Å². The molecule has 0 saturated carbocycles. The Morgan fingerprint density at radius 2 is 2.19 bits per heavy atom. The Morgan fingerprint density at radius 3 is 2.75 bits per heavy atom. The highest BCUT2D eigenvalue weighted by molar-refractivity contribution is 7.12. The van der Waals surface area contributed by atoms with E-state index in [0.29, 0.717) is 15.7 Å². The fourth-order valence-electron chi connectivity index (χ4n) is 1.08. The number of thiophene rings is 1. The summed E-state index contributed by atoms with van der Waals surface area (Å²) >= 11 is 6.39. The first kappa shape index (κ1) is 11.0. The van der Waals surface area contributed by atoms with Gasteiger partial charge >= 0.3 is 0 Å². The van der Waals surface area contributed by atoms with Crippen molar-refractivity contribution in [3.05, 3.63) is 45.6 Å². The van der Waals surface area contributed by atoms with Crippen LogP contribution in [0.25, 0.3) is 0 Å². The van der Waals surface area contributed by atoms with E-state index in [1.165, 1.54) is 18.3 Å². The molecule has 1 amide bonds. The average Bonchev–Trinajstić information content (AvgIpc) is 2.68. The molecule has 0 aliphatic carbocycles. The number of carbonyl (C=O) groups is 1. The Kier molecular flexibility index (Phi) is 3.17. The molecule has 16 heavy (non-hydrogen) atoms. The molecule has 3 nitrogen and oxygen atoms in total. The predicted octanol–water partition coefficient (Wildman–Crippen LogP) is 3.19. The number of amides is 1. The van der Waals surface area contributed by atoms with Crippen LogP contribution in [-0.4, -0.2) is 10.9 Å². The van der Waals surface area contributed by atoms with Gasteiger partial charge < -0.3 is 5.32 Å². The number of nitrogens with one attached hydrogen (secondary N) is 1. The summed E-state index contributed by atoms with van der Waals surface area (Å²) in [6.45, 7) is 0. The summed E-state index contributed by atoms with van der Waals surface area (Å²) in [7, 11) is 0. The van der Waals surface area contributed by atoms with E-state index >= 15 is 0 Å². The quantitative estimate of drug-likeness (QED) is 0.839. The SMILES string of the molecule is O=C(Nc1ccc(Cl)nc1)c1ccc(F)s1. The van der Waals surface area contributed by atoms with Crippen molar-refractivity contribution in [3.63, 3.8) is 0 Å². The van der Waals surface area contributed by atoms with Crippen LogP contribution in [-0.2, 0) is 0 Å². The highest BCUT2D eigenvalue weighted by atomic mass is 35.5. The van der Waals surface area contributed by atoms with Gasteiger partial charge in [-0.05, 0) is 24.3 Å². The second-order valence-corrected chi connectivity index (χ2v) is 4.35. The Hall–Kier alpha value is -1.46. The lowest BCUT2D eigenvalue weighted by molar-refractivity contribution is 0.103. The van der Waals surface area contributed by atoms with E-state index in [2.05, 4.69) is 10.3 Å². The van der Waals surface area contributed by atoms with Gasteiger partial charge in [-0.1, -0.05) is 11.6 Å². The molecule has 2 aromatic rings. The van der Waals surface area contributed by atoms with Crippen LogP contribution in [0.3, 0.4) is 0 Å². The van der Waals surface area contributed by atoms with E-state index in [0.717, 1.165) is 11.3 Å². The highest BCUT2D eigenvalue weighted by Crippen LogP contribution is 2.17. The van der Waals surface area contributed by atoms with E-state index in [-0.39, 0.29) is 11.0 Å².